The van der Waals surface area contributed by atoms with Crippen LogP contribution >= 0.6 is 0 Å². The molecule has 3 aliphatic heterocycles. The zero-order valence-corrected chi connectivity index (χ0v) is 19.5. The molecule has 0 aromatic heterocycles. The number of hydroxylamine groups is 1. The average molecular weight is 474 g/mol. The number of piperazine rings is 1. The van der Waals surface area contributed by atoms with E-state index in [2.05, 4.69) is 22.3 Å². The molecule has 3 saturated heterocycles. The van der Waals surface area contributed by atoms with Crippen molar-refractivity contribution in [1.82, 2.24) is 20.6 Å². The van der Waals surface area contributed by atoms with E-state index in [1.54, 1.807) is 10.4 Å². The van der Waals surface area contributed by atoms with Gasteiger partial charge in [-0.3, -0.25) is 14.8 Å². The lowest BCUT2D eigenvalue weighted by Gasteiger charge is -2.41. The summed E-state index contributed by atoms with van der Waals surface area (Å²) in [6.45, 7) is 4.42. The number of hydrogen-bond acceptors (Lipinski definition) is 7. The van der Waals surface area contributed by atoms with Crippen LogP contribution in [-0.2, 0) is 14.3 Å². The summed E-state index contributed by atoms with van der Waals surface area (Å²) in [5.41, 5.74) is 2.81. The Morgan fingerprint density at radius 2 is 1.68 bits per heavy atom. The second-order valence-corrected chi connectivity index (χ2v) is 9.32. The molecule has 186 valence electrons. The first-order valence-corrected chi connectivity index (χ1v) is 12.3. The Kier molecular flexibility index (Phi) is 8.23. The molecule has 4 rings (SSSR count). The van der Waals surface area contributed by atoms with E-state index in [9.17, 15) is 14.4 Å². The SMILES string of the molecule is O=C(C[C@@H]1C[C@H](OC(=O)N2CCCCC2)CN[C@@H]1C(=O)N1CCN(c2ccccc2)CC1)NO. The highest BCUT2D eigenvalue weighted by atomic mass is 16.6. The summed E-state index contributed by atoms with van der Waals surface area (Å²) in [5.74, 6) is -0.995. The monoisotopic (exact) mass is 473 g/mol. The van der Waals surface area contributed by atoms with E-state index < -0.39 is 18.1 Å². The lowest BCUT2D eigenvalue weighted by atomic mass is 9.85. The van der Waals surface area contributed by atoms with Crippen molar-refractivity contribution in [3.63, 3.8) is 0 Å². The van der Waals surface area contributed by atoms with Gasteiger partial charge in [-0.05, 0) is 43.7 Å². The molecular weight excluding hydrogens is 438 g/mol. The molecule has 0 aliphatic carbocycles. The van der Waals surface area contributed by atoms with Gasteiger partial charge in [0.2, 0.25) is 11.8 Å². The van der Waals surface area contributed by atoms with Crippen molar-refractivity contribution in [3.05, 3.63) is 30.3 Å². The maximum absolute atomic E-state index is 13.4. The number of hydrogen-bond donors (Lipinski definition) is 3. The zero-order chi connectivity index (χ0) is 23.9. The van der Waals surface area contributed by atoms with E-state index in [0.29, 0.717) is 39.1 Å². The number of carbonyl (C=O) groups excluding carboxylic acids is 3. The van der Waals surface area contributed by atoms with Gasteiger partial charge >= 0.3 is 6.09 Å². The third kappa shape index (κ3) is 5.98. The third-order valence-corrected chi connectivity index (χ3v) is 7.04. The fraction of sp³-hybridized carbons (Fsp3) is 0.625. The fourth-order valence-corrected chi connectivity index (χ4v) is 5.16. The van der Waals surface area contributed by atoms with Gasteiger partial charge in [0.15, 0.2) is 0 Å². The Hall–Kier alpha value is -2.85. The number of piperidine rings is 2. The van der Waals surface area contributed by atoms with E-state index in [0.717, 1.165) is 38.0 Å². The van der Waals surface area contributed by atoms with Crippen molar-refractivity contribution >= 4 is 23.6 Å². The van der Waals surface area contributed by atoms with Crippen molar-refractivity contribution in [3.8, 4) is 0 Å². The summed E-state index contributed by atoms with van der Waals surface area (Å²) in [5, 5.41) is 12.3. The number of nitrogens with one attached hydrogen (secondary N) is 2. The highest BCUT2D eigenvalue weighted by Crippen LogP contribution is 2.26. The minimum atomic E-state index is -0.564. The minimum Gasteiger partial charge on any atom is -0.445 e. The molecule has 3 amide bonds. The summed E-state index contributed by atoms with van der Waals surface area (Å²) in [4.78, 5) is 43.7. The number of anilines is 1. The maximum atomic E-state index is 13.4. The summed E-state index contributed by atoms with van der Waals surface area (Å²) >= 11 is 0. The summed E-state index contributed by atoms with van der Waals surface area (Å²) in [6, 6.07) is 9.56. The van der Waals surface area contributed by atoms with Gasteiger partial charge in [0, 0.05) is 57.9 Å². The Balaban J connectivity index is 1.35. The molecule has 1 aromatic carbocycles. The van der Waals surface area contributed by atoms with Crippen LogP contribution in [0.5, 0.6) is 0 Å². The number of amides is 3. The largest absolute Gasteiger partial charge is 0.445 e. The second-order valence-electron chi connectivity index (χ2n) is 9.32. The van der Waals surface area contributed by atoms with E-state index in [1.807, 2.05) is 23.1 Å². The maximum Gasteiger partial charge on any atom is 0.410 e. The van der Waals surface area contributed by atoms with Crippen molar-refractivity contribution in [2.45, 2.75) is 44.2 Å². The van der Waals surface area contributed by atoms with Crippen LogP contribution in [0.3, 0.4) is 0 Å². The first-order valence-electron chi connectivity index (χ1n) is 12.3. The minimum absolute atomic E-state index is 0.0261. The smallest absolute Gasteiger partial charge is 0.410 e. The molecule has 0 unspecified atom stereocenters. The fourth-order valence-electron chi connectivity index (χ4n) is 5.16. The number of rotatable bonds is 5. The molecule has 10 heteroatoms. The van der Waals surface area contributed by atoms with Crippen LogP contribution < -0.4 is 15.7 Å². The van der Waals surface area contributed by atoms with Crippen LogP contribution in [-0.4, -0.2) is 90.9 Å². The Labute approximate surface area is 200 Å². The number of benzene rings is 1. The first-order chi connectivity index (χ1) is 16.5. The van der Waals surface area contributed by atoms with Gasteiger partial charge < -0.3 is 24.8 Å². The van der Waals surface area contributed by atoms with E-state index in [-0.39, 0.29) is 24.3 Å². The Morgan fingerprint density at radius 1 is 0.971 bits per heavy atom. The van der Waals surface area contributed by atoms with E-state index in [4.69, 9.17) is 9.94 Å². The molecule has 10 nitrogen and oxygen atoms in total. The van der Waals surface area contributed by atoms with Crippen molar-refractivity contribution in [1.29, 1.82) is 0 Å². The van der Waals surface area contributed by atoms with Gasteiger partial charge in [-0.25, -0.2) is 10.3 Å². The second kappa shape index (κ2) is 11.5. The highest BCUT2D eigenvalue weighted by molar-refractivity contribution is 5.84. The molecule has 0 saturated carbocycles. The van der Waals surface area contributed by atoms with Gasteiger partial charge in [-0.1, -0.05) is 18.2 Å². The first kappa shape index (κ1) is 24.3. The van der Waals surface area contributed by atoms with Gasteiger partial charge in [-0.15, -0.1) is 0 Å². The average Bonchev–Trinajstić information content (AvgIpc) is 2.89. The van der Waals surface area contributed by atoms with Crippen LogP contribution in [0.1, 0.15) is 32.1 Å². The van der Waals surface area contributed by atoms with Crippen LogP contribution in [0, 0.1) is 5.92 Å². The van der Waals surface area contributed by atoms with Gasteiger partial charge in [0.25, 0.3) is 0 Å². The molecule has 0 spiro atoms. The van der Waals surface area contributed by atoms with Crippen LogP contribution in [0.4, 0.5) is 10.5 Å². The molecule has 3 aliphatic rings. The molecule has 3 N–H and O–H groups in total. The normalized spacial score (nSPS) is 25.6. The predicted octanol–water partition coefficient (Wildman–Crippen LogP) is 1.20. The number of likely N-dealkylation sites (tertiary alicyclic amines) is 1. The lowest BCUT2D eigenvalue weighted by Crippen LogP contribution is -2.60. The molecule has 34 heavy (non-hydrogen) atoms. The number of para-hydroxylation sites is 1. The van der Waals surface area contributed by atoms with Crippen molar-refractivity contribution in [2.75, 3.05) is 50.7 Å². The van der Waals surface area contributed by atoms with Crippen molar-refractivity contribution in [2.24, 2.45) is 5.92 Å². The summed E-state index contributed by atoms with van der Waals surface area (Å²) < 4.78 is 5.71. The highest BCUT2D eigenvalue weighted by Gasteiger charge is 2.40. The summed E-state index contributed by atoms with van der Waals surface area (Å²) in [6.07, 6.45) is 2.68. The molecule has 0 bridgehead atoms. The third-order valence-electron chi connectivity index (χ3n) is 7.04. The zero-order valence-electron chi connectivity index (χ0n) is 19.5. The van der Waals surface area contributed by atoms with E-state index in [1.165, 1.54) is 0 Å². The molecular formula is C24H35N5O5. The Bertz CT molecular complexity index is 839. The van der Waals surface area contributed by atoms with E-state index >= 15 is 0 Å². The van der Waals surface area contributed by atoms with Gasteiger partial charge in [0.05, 0.1) is 6.04 Å². The standard InChI is InChI=1S/C24H35N5O5/c30-21(26-33)16-18-15-20(34-24(32)29-9-5-2-6-10-29)17-25-22(18)23(31)28-13-11-27(12-14-28)19-7-3-1-4-8-19/h1,3-4,7-8,18,20,22,25,33H,2,5-6,9-17H2,(H,26,30)/t18-,20-,22-/m0/s1. The van der Waals surface area contributed by atoms with Crippen LogP contribution in [0.25, 0.3) is 0 Å². The predicted molar refractivity (Wildman–Crippen MR) is 125 cm³/mol. The quantitative estimate of drug-likeness (QED) is 0.435. The number of nitrogens with zero attached hydrogens (tertiary/aromatic N) is 3. The molecule has 3 heterocycles. The molecule has 0 radical (unpaired) electrons. The van der Waals surface area contributed by atoms with Crippen molar-refractivity contribution < 1.29 is 24.3 Å². The van der Waals surface area contributed by atoms with Gasteiger partial charge in [-0.2, -0.15) is 0 Å². The molecule has 3 fully saturated rings. The van der Waals surface area contributed by atoms with Crippen LogP contribution in [0.15, 0.2) is 30.3 Å². The van der Waals surface area contributed by atoms with Crippen LogP contribution in [0.2, 0.25) is 0 Å². The Morgan fingerprint density at radius 3 is 2.35 bits per heavy atom. The molecule has 3 atom stereocenters. The lowest BCUT2D eigenvalue weighted by molar-refractivity contribution is -0.138. The summed E-state index contributed by atoms with van der Waals surface area (Å²) in [7, 11) is 0. The number of ether oxygens (including phenoxy) is 1. The number of carbonyl (C=O) groups is 3. The van der Waals surface area contributed by atoms with Gasteiger partial charge in [0.1, 0.15) is 6.10 Å². The topological polar surface area (TPSA) is 114 Å². The molecule has 1 aromatic rings.